The number of nitrogens with one attached hydrogen (secondary N) is 1. The Labute approximate surface area is 141 Å². The van der Waals surface area contributed by atoms with Crippen LogP contribution < -0.4 is 10.1 Å². The topological polar surface area (TPSA) is 51.2 Å². The van der Waals surface area contributed by atoms with Gasteiger partial charge in [0.1, 0.15) is 5.75 Å². The maximum Gasteiger partial charge on any atom is 0.418 e. The number of hydrogen-bond donors (Lipinski definition) is 1. The van der Waals surface area contributed by atoms with Crippen molar-refractivity contribution >= 4 is 22.5 Å². The molecule has 4 nitrogen and oxygen atoms in total. The summed E-state index contributed by atoms with van der Waals surface area (Å²) in [6.07, 6.45) is -3.30. The van der Waals surface area contributed by atoms with E-state index in [9.17, 15) is 18.0 Å². The van der Waals surface area contributed by atoms with Gasteiger partial charge in [0.15, 0.2) is 0 Å². The van der Waals surface area contributed by atoms with Gasteiger partial charge in [0.05, 0.1) is 29.4 Å². The van der Waals surface area contributed by atoms with Crippen molar-refractivity contribution < 1.29 is 22.7 Å². The molecule has 3 rings (SSSR count). The highest BCUT2D eigenvalue weighted by Gasteiger charge is 2.33. The van der Waals surface area contributed by atoms with E-state index in [1.165, 1.54) is 31.5 Å². The number of carbonyl (C=O) groups excluding carboxylic acids is 1. The summed E-state index contributed by atoms with van der Waals surface area (Å²) in [6.45, 7) is 0. The lowest BCUT2D eigenvalue weighted by Crippen LogP contribution is -2.14. The number of fused-ring (bicyclic) bond motifs is 1. The van der Waals surface area contributed by atoms with Crippen molar-refractivity contribution in [3.05, 3.63) is 65.9 Å². The maximum absolute atomic E-state index is 13.1. The number of nitrogens with zero attached hydrogens (tertiary/aromatic N) is 1. The molecule has 0 aliphatic rings. The molecule has 0 atom stereocenters. The van der Waals surface area contributed by atoms with Crippen molar-refractivity contribution in [1.29, 1.82) is 0 Å². The van der Waals surface area contributed by atoms with Crippen LogP contribution in [0.3, 0.4) is 0 Å². The van der Waals surface area contributed by atoms with Gasteiger partial charge in [-0.05, 0) is 24.3 Å². The predicted molar refractivity (Wildman–Crippen MR) is 87.7 cm³/mol. The Balaban J connectivity index is 2.04. The quantitative estimate of drug-likeness (QED) is 0.759. The molecular weight excluding hydrogens is 333 g/mol. The highest BCUT2D eigenvalue weighted by Crippen LogP contribution is 2.35. The Morgan fingerprint density at radius 3 is 2.56 bits per heavy atom. The van der Waals surface area contributed by atoms with Gasteiger partial charge in [0.2, 0.25) is 0 Å². The van der Waals surface area contributed by atoms with Crippen LogP contribution in [0.5, 0.6) is 5.75 Å². The number of para-hydroxylation sites is 2. The van der Waals surface area contributed by atoms with Crippen molar-refractivity contribution in [3.63, 3.8) is 0 Å². The fraction of sp³-hybridized carbons (Fsp3) is 0.111. The summed E-state index contributed by atoms with van der Waals surface area (Å²) in [5, 5.41) is 2.84. The smallest absolute Gasteiger partial charge is 0.418 e. The summed E-state index contributed by atoms with van der Waals surface area (Å²) in [5.74, 6) is -0.114. The van der Waals surface area contributed by atoms with Gasteiger partial charge in [-0.25, -0.2) is 0 Å². The van der Waals surface area contributed by atoms with E-state index in [1.807, 2.05) is 0 Å². The molecule has 7 heteroatoms. The molecule has 0 fully saturated rings. The van der Waals surface area contributed by atoms with E-state index in [1.54, 1.807) is 24.3 Å². The number of rotatable bonds is 3. The number of methoxy groups -OCH3 is 1. The van der Waals surface area contributed by atoms with Crippen molar-refractivity contribution in [2.75, 3.05) is 12.4 Å². The fourth-order valence-electron chi connectivity index (χ4n) is 2.54. The fourth-order valence-corrected chi connectivity index (χ4v) is 2.54. The summed E-state index contributed by atoms with van der Waals surface area (Å²) in [6, 6.07) is 11.8. The van der Waals surface area contributed by atoms with E-state index in [-0.39, 0.29) is 22.2 Å². The molecule has 0 unspecified atom stereocenters. The van der Waals surface area contributed by atoms with E-state index in [0.29, 0.717) is 5.75 Å². The molecule has 1 aromatic heterocycles. The van der Waals surface area contributed by atoms with Crippen LogP contribution in [0.25, 0.3) is 10.9 Å². The minimum Gasteiger partial charge on any atom is -0.496 e. The minimum absolute atomic E-state index is 0.209. The molecule has 0 saturated heterocycles. The molecular formula is C18H13F3N2O2. The molecule has 3 aromatic rings. The maximum atomic E-state index is 13.1. The number of halogens is 3. The van der Waals surface area contributed by atoms with Gasteiger partial charge in [0.25, 0.3) is 5.91 Å². The third kappa shape index (κ3) is 3.26. The summed E-state index contributed by atoms with van der Waals surface area (Å²) in [7, 11) is 1.43. The van der Waals surface area contributed by atoms with Crippen LogP contribution in [0, 0.1) is 0 Å². The predicted octanol–water partition coefficient (Wildman–Crippen LogP) is 4.51. The normalized spacial score (nSPS) is 11.4. The van der Waals surface area contributed by atoms with Gasteiger partial charge in [-0.15, -0.1) is 0 Å². The number of pyridine rings is 1. The number of hydrogen-bond acceptors (Lipinski definition) is 3. The molecule has 0 saturated carbocycles. The molecule has 0 aliphatic carbocycles. The van der Waals surface area contributed by atoms with Crippen LogP contribution in [0.1, 0.15) is 15.9 Å². The van der Waals surface area contributed by atoms with E-state index in [0.717, 1.165) is 6.07 Å². The first-order chi connectivity index (χ1) is 11.9. The molecule has 0 bridgehead atoms. The Kier molecular flexibility index (Phi) is 4.31. The third-order valence-corrected chi connectivity index (χ3v) is 3.68. The number of alkyl halides is 3. The van der Waals surface area contributed by atoms with E-state index in [4.69, 9.17) is 4.74 Å². The van der Waals surface area contributed by atoms with E-state index in [2.05, 4.69) is 10.3 Å². The summed E-state index contributed by atoms with van der Waals surface area (Å²) < 4.78 is 44.5. The first kappa shape index (κ1) is 16.8. The standard InChI is InChI=1S/C18H13F3N2O2/c1-25-15-8-3-2-5-12(15)17(24)23-14-9-10-22-16-11(14)6-4-7-13(16)18(19,20)21/h2-10H,1H3,(H,22,23,24). The van der Waals surface area contributed by atoms with Crippen LogP contribution in [-0.4, -0.2) is 18.0 Å². The third-order valence-electron chi connectivity index (χ3n) is 3.68. The second-order valence-electron chi connectivity index (χ2n) is 5.21. The molecule has 1 heterocycles. The van der Waals surface area contributed by atoms with Crippen LogP contribution in [0.15, 0.2) is 54.7 Å². The number of aromatic nitrogens is 1. The number of benzene rings is 2. The SMILES string of the molecule is COc1ccccc1C(=O)Nc1ccnc2c(C(F)(F)F)cccc12. The number of carbonyl (C=O) groups is 1. The minimum atomic E-state index is -4.53. The lowest BCUT2D eigenvalue weighted by Gasteiger charge is -2.13. The second kappa shape index (κ2) is 6.43. The second-order valence-corrected chi connectivity index (χ2v) is 5.21. The highest BCUT2D eigenvalue weighted by atomic mass is 19.4. The molecule has 2 aromatic carbocycles. The van der Waals surface area contributed by atoms with Crippen LogP contribution >= 0.6 is 0 Å². The average Bonchev–Trinajstić information content (AvgIpc) is 2.60. The van der Waals surface area contributed by atoms with Gasteiger partial charge in [-0.2, -0.15) is 13.2 Å². The molecule has 0 radical (unpaired) electrons. The lowest BCUT2D eigenvalue weighted by atomic mass is 10.1. The van der Waals surface area contributed by atoms with Crippen molar-refractivity contribution in [1.82, 2.24) is 4.98 Å². The van der Waals surface area contributed by atoms with E-state index >= 15 is 0 Å². The average molecular weight is 346 g/mol. The van der Waals surface area contributed by atoms with Gasteiger partial charge in [0, 0.05) is 11.6 Å². The lowest BCUT2D eigenvalue weighted by molar-refractivity contribution is -0.136. The zero-order valence-corrected chi connectivity index (χ0v) is 13.1. The van der Waals surface area contributed by atoms with Gasteiger partial charge in [-0.3, -0.25) is 9.78 Å². The summed E-state index contributed by atoms with van der Waals surface area (Å²) in [4.78, 5) is 16.3. The largest absolute Gasteiger partial charge is 0.496 e. The van der Waals surface area contributed by atoms with Crippen molar-refractivity contribution in [3.8, 4) is 5.75 Å². The summed E-state index contributed by atoms with van der Waals surface area (Å²) >= 11 is 0. The molecule has 0 spiro atoms. The molecule has 25 heavy (non-hydrogen) atoms. The van der Waals surface area contributed by atoms with Gasteiger partial charge >= 0.3 is 6.18 Å². The monoisotopic (exact) mass is 346 g/mol. The molecule has 128 valence electrons. The molecule has 0 aliphatic heterocycles. The molecule has 1 N–H and O–H groups in total. The first-order valence-electron chi connectivity index (χ1n) is 7.31. The first-order valence-corrected chi connectivity index (χ1v) is 7.31. The van der Waals surface area contributed by atoms with Crippen molar-refractivity contribution in [2.24, 2.45) is 0 Å². The Morgan fingerprint density at radius 1 is 1.08 bits per heavy atom. The van der Waals surface area contributed by atoms with Gasteiger partial charge < -0.3 is 10.1 Å². The van der Waals surface area contributed by atoms with E-state index < -0.39 is 17.6 Å². The Morgan fingerprint density at radius 2 is 1.84 bits per heavy atom. The van der Waals surface area contributed by atoms with Crippen LogP contribution in [0.2, 0.25) is 0 Å². The zero-order valence-electron chi connectivity index (χ0n) is 13.1. The van der Waals surface area contributed by atoms with Crippen molar-refractivity contribution in [2.45, 2.75) is 6.18 Å². The zero-order chi connectivity index (χ0) is 18.0. The number of anilines is 1. The Hall–Kier alpha value is -3.09. The van der Waals surface area contributed by atoms with Crippen LogP contribution in [0.4, 0.5) is 18.9 Å². The summed E-state index contributed by atoms with van der Waals surface area (Å²) in [5.41, 5.74) is -0.542. The Bertz CT molecular complexity index is 939. The molecule has 1 amide bonds. The highest BCUT2D eigenvalue weighted by molar-refractivity contribution is 6.10. The number of ether oxygens (including phenoxy) is 1. The van der Waals surface area contributed by atoms with Crippen LogP contribution in [-0.2, 0) is 6.18 Å². The number of amides is 1. The van der Waals surface area contributed by atoms with Gasteiger partial charge in [-0.1, -0.05) is 24.3 Å².